The van der Waals surface area contributed by atoms with Crippen molar-refractivity contribution >= 4 is 45.7 Å². The molecule has 1 aliphatic carbocycles. The van der Waals surface area contributed by atoms with Crippen LogP contribution < -0.4 is 10.6 Å². The minimum absolute atomic E-state index is 0.0155. The number of anilines is 2. The average Bonchev–Trinajstić information content (AvgIpc) is 3.48. The van der Waals surface area contributed by atoms with Crippen molar-refractivity contribution < 1.29 is 9.59 Å². The summed E-state index contributed by atoms with van der Waals surface area (Å²) in [6.45, 7) is 0. The number of aromatic nitrogens is 2. The molecule has 1 saturated carbocycles. The highest BCUT2D eigenvalue weighted by molar-refractivity contribution is 8.00. The van der Waals surface area contributed by atoms with E-state index in [9.17, 15) is 9.59 Å². The lowest BCUT2D eigenvalue weighted by atomic mass is 10.2. The molecular weight excluding hydrogens is 392 g/mol. The van der Waals surface area contributed by atoms with Crippen molar-refractivity contribution in [2.45, 2.75) is 22.9 Å². The first-order chi connectivity index (χ1) is 13.7. The predicted octanol–water partition coefficient (Wildman–Crippen LogP) is 4.43. The van der Waals surface area contributed by atoms with E-state index in [-0.39, 0.29) is 17.7 Å². The molecule has 0 bridgehead atoms. The number of nitrogens with one attached hydrogen (secondary N) is 2. The average molecular weight is 411 g/mol. The van der Waals surface area contributed by atoms with Gasteiger partial charge in [0, 0.05) is 22.9 Å². The van der Waals surface area contributed by atoms with Crippen molar-refractivity contribution in [3.8, 4) is 0 Å². The maximum absolute atomic E-state index is 12.5. The quantitative estimate of drug-likeness (QED) is 0.445. The molecule has 142 valence electrons. The van der Waals surface area contributed by atoms with Crippen molar-refractivity contribution in [2.75, 3.05) is 10.6 Å². The Morgan fingerprint density at radius 2 is 1.86 bits per heavy atom. The summed E-state index contributed by atoms with van der Waals surface area (Å²) in [6, 6.07) is 17.0. The Morgan fingerprint density at radius 1 is 1.04 bits per heavy atom. The monoisotopic (exact) mass is 410 g/mol. The number of rotatable bonds is 7. The summed E-state index contributed by atoms with van der Waals surface area (Å²) < 4.78 is 0.796. The fraction of sp³-hybridized carbons (Fsp3) is 0.200. The third-order valence-corrected chi connectivity index (χ3v) is 6.22. The molecule has 8 heteroatoms. The first-order valence-electron chi connectivity index (χ1n) is 8.90. The maximum Gasteiger partial charge on any atom is 0.257 e. The number of carbonyl (C=O) groups is 2. The van der Waals surface area contributed by atoms with Crippen LogP contribution >= 0.6 is 23.1 Å². The molecule has 2 amide bonds. The van der Waals surface area contributed by atoms with Crippen molar-refractivity contribution in [3.63, 3.8) is 0 Å². The van der Waals surface area contributed by atoms with E-state index in [1.807, 2.05) is 18.2 Å². The summed E-state index contributed by atoms with van der Waals surface area (Å²) >= 11 is 2.92. The smallest absolute Gasteiger partial charge is 0.257 e. The van der Waals surface area contributed by atoms with Crippen LogP contribution in [0.1, 0.15) is 28.8 Å². The number of hydrogen-bond acceptors (Lipinski definition) is 6. The van der Waals surface area contributed by atoms with Gasteiger partial charge in [-0.3, -0.25) is 14.9 Å². The number of amides is 2. The zero-order valence-corrected chi connectivity index (χ0v) is 16.6. The topological polar surface area (TPSA) is 84.0 Å². The van der Waals surface area contributed by atoms with Gasteiger partial charge in [-0.15, -0.1) is 10.2 Å². The Kier molecular flexibility index (Phi) is 5.68. The summed E-state index contributed by atoms with van der Waals surface area (Å²) in [5.74, 6) is 0.650. The van der Waals surface area contributed by atoms with E-state index < -0.39 is 0 Å². The van der Waals surface area contributed by atoms with Crippen LogP contribution in [0.25, 0.3) is 0 Å². The highest BCUT2D eigenvalue weighted by atomic mass is 32.2. The molecule has 2 N–H and O–H groups in total. The molecule has 4 rings (SSSR count). The van der Waals surface area contributed by atoms with Gasteiger partial charge < -0.3 is 5.32 Å². The Labute approximate surface area is 170 Å². The first kappa shape index (κ1) is 18.6. The van der Waals surface area contributed by atoms with Gasteiger partial charge in [-0.2, -0.15) is 0 Å². The van der Waals surface area contributed by atoms with E-state index in [2.05, 4.69) is 33.0 Å². The van der Waals surface area contributed by atoms with Crippen LogP contribution in [0.5, 0.6) is 0 Å². The summed E-state index contributed by atoms with van der Waals surface area (Å²) in [4.78, 5) is 24.4. The van der Waals surface area contributed by atoms with Crippen LogP contribution in [0.3, 0.4) is 0 Å². The molecule has 1 aliphatic rings. The second-order valence-corrected chi connectivity index (χ2v) is 8.65. The Balaban J connectivity index is 1.34. The number of hydrogen-bond donors (Lipinski definition) is 2. The van der Waals surface area contributed by atoms with E-state index in [0.29, 0.717) is 16.4 Å². The van der Waals surface area contributed by atoms with Gasteiger partial charge in [-0.05, 0) is 36.6 Å². The molecule has 0 saturated heterocycles. The molecule has 3 aromatic rings. The summed E-state index contributed by atoms with van der Waals surface area (Å²) in [6.07, 6.45) is 1.88. The van der Waals surface area contributed by atoms with Gasteiger partial charge in [0.15, 0.2) is 4.34 Å². The molecule has 0 aliphatic heterocycles. The normalized spacial score (nSPS) is 13.1. The minimum atomic E-state index is -0.279. The van der Waals surface area contributed by atoms with Gasteiger partial charge in [0.05, 0.1) is 0 Å². The Bertz CT molecular complexity index is 987. The van der Waals surface area contributed by atoms with E-state index in [0.717, 1.165) is 22.9 Å². The molecule has 0 radical (unpaired) electrons. The lowest BCUT2D eigenvalue weighted by Gasteiger charge is -2.06. The number of benzene rings is 2. The molecule has 28 heavy (non-hydrogen) atoms. The van der Waals surface area contributed by atoms with Crippen molar-refractivity contribution in [2.24, 2.45) is 5.92 Å². The number of carbonyl (C=O) groups excluding carboxylic acids is 2. The molecule has 1 fully saturated rings. The highest BCUT2D eigenvalue weighted by Gasteiger charge is 2.29. The Morgan fingerprint density at radius 3 is 2.64 bits per heavy atom. The van der Waals surface area contributed by atoms with Gasteiger partial charge in [-0.25, -0.2) is 0 Å². The van der Waals surface area contributed by atoms with Gasteiger partial charge >= 0.3 is 0 Å². The number of thioether (sulfide) groups is 1. The fourth-order valence-electron chi connectivity index (χ4n) is 2.54. The van der Waals surface area contributed by atoms with Crippen LogP contribution in [0.15, 0.2) is 58.9 Å². The minimum Gasteiger partial charge on any atom is -0.326 e. The van der Waals surface area contributed by atoms with Crippen LogP contribution in [-0.4, -0.2) is 22.0 Å². The molecule has 2 aromatic carbocycles. The molecule has 0 unspecified atom stereocenters. The third-order valence-electron chi connectivity index (χ3n) is 4.17. The second-order valence-electron chi connectivity index (χ2n) is 6.45. The van der Waals surface area contributed by atoms with Gasteiger partial charge in [0.1, 0.15) is 0 Å². The lowest BCUT2D eigenvalue weighted by molar-refractivity contribution is -0.117. The molecular formula is C20H18N4O2S2. The fourth-order valence-corrected chi connectivity index (χ4v) is 4.24. The maximum atomic E-state index is 12.5. The summed E-state index contributed by atoms with van der Waals surface area (Å²) in [5, 5.41) is 14.2. The van der Waals surface area contributed by atoms with Crippen LogP contribution in [0, 0.1) is 5.92 Å². The lowest BCUT2D eigenvalue weighted by Crippen LogP contribution is -2.15. The summed E-state index contributed by atoms with van der Waals surface area (Å²) in [7, 11) is 0. The van der Waals surface area contributed by atoms with Crippen LogP contribution in [0.2, 0.25) is 0 Å². The SMILES string of the molecule is O=C(Nc1nnc(SCc2ccccc2)s1)c1cccc(NC(=O)C2CC2)c1. The van der Waals surface area contributed by atoms with Gasteiger partial charge in [0.2, 0.25) is 11.0 Å². The van der Waals surface area contributed by atoms with Crippen molar-refractivity contribution in [1.29, 1.82) is 0 Å². The van der Waals surface area contributed by atoms with Gasteiger partial charge in [-0.1, -0.05) is 59.5 Å². The highest BCUT2D eigenvalue weighted by Crippen LogP contribution is 2.30. The second kappa shape index (κ2) is 8.53. The molecule has 1 aromatic heterocycles. The predicted molar refractivity (Wildman–Crippen MR) is 112 cm³/mol. The largest absolute Gasteiger partial charge is 0.326 e. The molecule has 6 nitrogen and oxygen atoms in total. The van der Waals surface area contributed by atoms with E-state index in [1.165, 1.54) is 16.9 Å². The molecule has 0 atom stereocenters. The van der Waals surface area contributed by atoms with E-state index in [4.69, 9.17) is 0 Å². The van der Waals surface area contributed by atoms with Crippen molar-refractivity contribution in [3.05, 3.63) is 65.7 Å². The van der Waals surface area contributed by atoms with E-state index >= 15 is 0 Å². The van der Waals surface area contributed by atoms with Crippen LogP contribution in [-0.2, 0) is 10.5 Å². The molecule has 0 spiro atoms. The van der Waals surface area contributed by atoms with Gasteiger partial charge in [0.25, 0.3) is 5.91 Å². The zero-order valence-electron chi connectivity index (χ0n) is 14.9. The zero-order chi connectivity index (χ0) is 19.3. The van der Waals surface area contributed by atoms with Crippen molar-refractivity contribution in [1.82, 2.24) is 10.2 Å². The molecule has 1 heterocycles. The standard InChI is InChI=1S/C20H18N4O2S2/c25-17(14-9-10-14)21-16-8-4-7-15(11-16)18(26)22-19-23-24-20(28-19)27-12-13-5-2-1-3-6-13/h1-8,11,14H,9-10,12H2,(H,21,25)(H,22,23,26). The van der Waals surface area contributed by atoms with Crippen LogP contribution in [0.4, 0.5) is 10.8 Å². The summed E-state index contributed by atoms with van der Waals surface area (Å²) in [5.41, 5.74) is 2.29. The van der Waals surface area contributed by atoms with E-state index in [1.54, 1.807) is 36.0 Å². The third kappa shape index (κ3) is 4.96. The first-order valence-corrected chi connectivity index (χ1v) is 10.7. The number of nitrogens with zero attached hydrogens (tertiary/aromatic N) is 2. The Hall–Kier alpha value is -2.71.